The van der Waals surface area contributed by atoms with Gasteiger partial charge >= 0.3 is 0 Å². The highest BCUT2D eigenvalue weighted by atomic mass is 35.5. The van der Waals surface area contributed by atoms with Crippen LogP contribution < -0.4 is 21.6 Å². The molecule has 1 aliphatic carbocycles. The molecule has 0 fully saturated rings. The second-order valence-corrected chi connectivity index (χ2v) is 6.45. The zero-order valence-electron chi connectivity index (χ0n) is 14.6. The van der Waals surface area contributed by atoms with Gasteiger partial charge in [0.05, 0.1) is 21.6 Å². The summed E-state index contributed by atoms with van der Waals surface area (Å²) in [6.45, 7) is 0. The number of hydrogen-bond donors (Lipinski definition) is 2. The highest BCUT2D eigenvalue weighted by Crippen LogP contribution is 2.26. The zero-order valence-corrected chi connectivity index (χ0v) is 15.3. The number of fused-ring (bicyclic) bond motifs is 1. The van der Waals surface area contributed by atoms with Gasteiger partial charge in [-0.15, -0.1) is 0 Å². The molecule has 1 amide bonds. The average Bonchev–Trinajstić information content (AvgIpc) is 2.87. The summed E-state index contributed by atoms with van der Waals surface area (Å²) in [5, 5.41) is 4.42. The first-order valence-corrected chi connectivity index (χ1v) is 8.85. The molecule has 3 aromatic rings. The van der Waals surface area contributed by atoms with Crippen molar-refractivity contribution in [2.75, 3.05) is 5.32 Å². The number of carbonyl (C=O) groups excluding carboxylic acids is 1. The van der Waals surface area contributed by atoms with Crippen molar-refractivity contribution in [3.05, 3.63) is 75.8 Å². The van der Waals surface area contributed by atoms with Gasteiger partial charge < -0.3 is 15.6 Å². The predicted molar refractivity (Wildman–Crippen MR) is 107 cm³/mol. The Hall–Kier alpha value is -3.45. The molecule has 0 saturated carbocycles. The van der Waals surface area contributed by atoms with Gasteiger partial charge in [-0.05, 0) is 30.7 Å². The van der Waals surface area contributed by atoms with Gasteiger partial charge in [0, 0.05) is 17.6 Å². The number of anilines is 2. The van der Waals surface area contributed by atoms with Crippen LogP contribution in [0.1, 0.15) is 16.8 Å². The monoisotopic (exact) mass is 395 g/mol. The van der Waals surface area contributed by atoms with Gasteiger partial charge in [-0.2, -0.15) is 4.98 Å². The van der Waals surface area contributed by atoms with Gasteiger partial charge in [-0.1, -0.05) is 35.9 Å². The summed E-state index contributed by atoms with van der Waals surface area (Å²) in [6, 6.07) is 6.13. The van der Waals surface area contributed by atoms with Crippen molar-refractivity contribution in [3.8, 4) is 5.82 Å². The largest absolute Gasteiger partial charge is 0.366 e. The van der Waals surface area contributed by atoms with E-state index in [-0.39, 0.29) is 11.0 Å². The lowest BCUT2D eigenvalue weighted by Crippen LogP contribution is -2.32. The second kappa shape index (κ2) is 7.28. The molecule has 8 heteroatoms. The summed E-state index contributed by atoms with van der Waals surface area (Å²) in [5.41, 5.74) is 6.31. The number of nitrogens with one attached hydrogen (secondary N) is 1. The maximum atomic E-state index is 13.7. The van der Waals surface area contributed by atoms with E-state index in [9.17, 15) is 9.18 Å². The molecule has 0 aliphatic heterocycles. The lowest BCUT2D eigenvalue weighted by Gasteiger charge is -2.09. The Balaban J connectivity index is 1.81. The fourth-order valence-corrected chi connectivity index (χ4v) is 3.17. The Kier molecular flexibility index (Phi) is 4.67. The van der Waals surface area contributed by atoms with E-state index in [2.05, 4.69) is 15.3 Å². The quantitative estimate of drug-likeness (QED) is 0.710. The number of nitrogens with zero attached hydrogens (tertiary/aromatic N) is 3. The third-order valence-corrected chi connectivity index (χ3v) is 4.67. The van der Waals surface area contributed by atoms with Gasteiger partial charge in [0.1, 0.15) is 11.6 Å². The van der Waals surface area contributed by atoms with Gasteiger partial charge in [0.25, 0.3) is 5.91 Å². The molecule has 0 radical (unpaired) electrons. The van der Waals surface area contributed by atoms with E-state index in [4.69, 9.17) is 17.3 Å². The van der Waals surface area contributed by atoms with Crippen LogP contribution in [0.5, 0.6) is 0 Å². The molecule has 6 nitrogen and oxygen atoms in total. The zero-order chi connectivity index (χ0) is 19.7. The van der Waals surface area contributed by atoms with Crippen molar-refractivity contribution in [3.63, 3.8) is 0 Å². The number of aromatic nitrogens is 3. The van der Waals surface area contributed by atoms with Crippen LogP contribution in [0.25, 0.3) is 18.0 Å². The van der Waals surface area contributed by atoms with Crippen LogP contribution in [0.15, 0.2) is 48.8 Å². The summed E-state index contributed by atoms with van der Waals surface area (Å²) in [4.78, 5) is 20.5. The van der Waals surface area contributed by atoms with E-state index in [1.54, 1.807) is 29.1 Å². The minimum absolute atomic E-state index is 0.0459. The Morgan fingerprint density at radius 3 is 3.00 bits per heavy atom. The first-order chi connectivity index (χ1) is 13.5. The molecule has 28 heavy (non-hydrogen) atoms. The fraction of sp³-hybridized carbons (Fsp3) is 0.0500. The molecule has 4 rings (SSSR count). The minimum atomic E-state index is -0.540. The molecule has 1 aromatic carbocycles. The lowest BCUT2D eigenvalue weighted by atomic mass is 10.2. The molecule has 0 saturated heterocycles. The summed E-state index contributed by atoms with van der Waals surface area (Å²) >= 11 is 5.98. The molecular weight excluding hydrogens is 381 g/mol. The fourth-order valence-electron chi connectivity index (χ4n) is 2.99. The molecule has 0 unspecified atom stereocenters. The van der Waals surface area contributed by atoms with Crippen LogP contribution in [0.2, 0.25) is 5.02 Å². The number of amides is 1. The second-order valence-electron chi connectivity index (χ2n) is 6.08. The number of allylic oxidation sites excluding steroid dienone is 2. The van der Waals surface area contributed by atoms with E-state index < -0.39 is 11.7 Å². The van der Waals surface area contributed by atoms with Crippen LogP contribution in [0, 0.1) is 5.82 Å². The molecule has 0 spiro atoms. The van der Waals surface area contributed by atoms with E-state index in [0.717, 1.165) is 10.6 Å². The van der Waals surface area contributed by atoms with Crippen LogP contribution in [0.3, 0.4) is 0 Å². The minimum Gasteiger partial charge on any atom is -0.366 e. The number of hydrogen-bond acceptors (Lipinski definition) is 4. The van der Waals surface area contributed by atoms with Crippen LogP contribution in [-0.2, 0) is 0 Å². The highest BCUT2D eigenvalue weighted by Gasteiger charge is 2.13. The van der Waals surface area contributed by atoms with E-state index in [0.29, 0.717) is 23.5 Å². The summed E-state index contributed by atoms with van der Waals surface area (Å²) in [7, 11) is 0. The Morgan fingerprint density at radius 1 is 1.32 bits per heavy atom. The van der Waals surface area contributed by atoms with Gasteiger partial charge in [0.2, 0.25) is 5.95 Å². The van der Waals surface area contributed by atoms with Gasteiger partial charge in [0.15, 0.2) is 0 Å². The summed E-state index contributed by atoms with van der Waals surface area (Å²) in [6.07, 6.45) is 11.6. The predicted octanol–water partition coefficient (Wildman–Crippen LogP) is 2.42. The molecule has 2 aromatic heterocycles. The van der Waals surface area contributed by atoms with Crippen molar-refractivity contribution < 1.29 is 9.18 Å². The summed E-state index contributed by atoms with van der Waals surface area (Å²) < 4.78 is 15.4. The molecule has 140 valence electrons. The van der Waals surface area contributed by atoms with E-state index in [1.165, 1.54) is 12.1 Å². The maximum absolute atomic E-state index is 13.7. The maximum Gasteiger partial charge on any atom is 0.250 e. The Bertz CT molecular complexity index is 1230. The van der Waals surface area contributed by atoms with Crippen LogP contribution in [-0.4, -0.2) is 20.4 Å². The van der Waals surface area contributed by atoms with Crippen molar-refractivity contribution in [2.24, 2.45) is 5.73 Å². The highest BCUT2D eigenvalue weighted by molar-refractivity contribution is 6.33. The Labute approximate surface area is 164 Å². The number of nitrogens with two attached hydrogens (primary N) is 1. The van der Waals surface area contributed by atoms with Crippen molar-refractivity contribution in [1.29, 1.82) is 0 Å². The standard InChI is InChI=1S/C20H15ClFN5O/c21-18-14(22)6-4-7-15(18)25-20-24-10-9-17(26-20)27-11-13(19(23)28)12-5-2-1-3-8-16(12)27/h1,3-11H,2H2,(H2,23,28)(H,24,25,26). The third kappa shape index (κ3) is 3.27. The number of carbonyl (C=O) groups is 1. The topological polar surface area (TPSA) is 85.8 Å². The lowest BCUT2D eigenvalue weighted by molar-refractivity contribution is 0.0999. The van der Waals surface area contributed by atoms with Crippen molar-refractivity contribution in [1.82, 2.24) is 14.5 Å². The molecule has 0 atom stereocenters. The first kappa shape index (κ1) is 17.9. The average molecular weight is 396 g/mol. The number of primary amides is 1. The summed E-state index contributed by atoms with van der Waals surface area (Å²) in [5.74, 6) is -0.294. The molecule has 0 bridgehead atoms. The number of benzene rings is 1. The van der Waals surface area contributed by atoms with Crippen molar-refractivity contribution >= 4 is 41.3 Å². The number of halogens is 2. The van der Waals surface area contributed by atoms with E-state index >= 15 is 0 Å². The molecule has 3 N–H and O–H groups in total. The molecule has 2 heterocycles. The third-order valence-electron chi connectivity index (χ3n) is 4.28. The Morgan fingerprint density at radius 2 is 2.18 bits per heavy atom. The normalized spacial score (nSPS) is 12.5. The van der Waals surface area contributed by atoms with Gasteiger partial charge in [-0.25, -0.2) is 9.37 Å². The van der Waals surface area contributed by atoms with E-state index in [1.807, 2.05) is 24.3 Å². The van der Waals surface area contributed by atoms with Crippen molar-refractivity contribution in [2.45, 2.75) is 6.42 Å². The number of rotatable bonds is 4. The van der Waals surface area contributed by atoms with Gasteiger partial charge in [-0.3, -0.25) is 4.79 Å². The van der Waals surface area contributed by atoms with Crippen LogP contribution >= 0.6 is 11.6 Å². The first-order valence-electron chi connectivity index (χ1n) is 8.47. The molecule has 1 aliphatic rings. The van der Waals surface area contributed by atoms with Crippen LogP contribution in [0.4, 0.5) is 16.0 Å². The molecular formula is C20H15ClFN5O. The SMILES string of the molecule is NC(=O)c1cn(-c2ccnc(Nc3cccc(F)c3Cl)n2)c2c1=CCC=CC=2. The smallest absolute Gasteiger partial charge is 0.250 e.